The van der Waals surface area contributed by atoms with Crippen molar-refractivity contribution in [2.75, 3.05) is 13.1 Å². The first-order valence-electron chi connectivity index (χ1n) is 7.00. The summed E-state index contributed by atoms with van der Waals surface area (Å²) in [6.45, 7) is 7.11. The number of aromatic nitrogens is 1. The minimum atomic E-state index is 0.688. The highest BCUT2D eigenvalue weighted by Crippen LogP contribution is 2.22. The van der Waals surface area contributed by atoms with Gasteiger partial charge in [0, 0.05) is 11.7 Å². The first kappa shape index (κ1) is 14.0. The summed E-state index contributed by atoms with van der Waals surface area (Å²) >= 11 is 3.45. The highest BCUT2D eigenvalue weighted by Gasteiger charge is 2.19. The summed E-state index contributed by atoms with van der Waals surface area (Å²) in [6, 6.07) is 6.92. The molecule has 0 unspecified atom stereocenters. The van der Waals surface area contributed by atoms with Crippen LogP contribution >= 0.6 is 15.9 Å². The van der Waals surface area contributed by atoms with Crippen LogP contribution in [-0.2, 0) is 6.42 Å². The molecule has 1 aromatic heterocycles. The molecular weight excluding hydrogens is 288 g/mol. The molecule has 0 aromatic carbocycles. The van der Waals surface area contributed by atoms with Crippen molar-refractivity contribution in [2.45, 2.75) is 45.6 Å². The Morgan fingerprint density at radius 3 is 2.89 bits per heavy atom. The van der Waals surface area contributed by atoms with Crippen molar-refractivity contribution in [3.05, 3.63) is 28.5 Å². The molecule has 2 nitrogen and oxygen atoms in total. The van der Waals surface area contributed by atoms with Crippen LogP contribution in [0.25, 0.3) is 0 Å². The fraction of sp³-hybridized carbons (Fsp3) is 0.667. The first-order valence-corrected chi connectivity index (χ1v) is 7.80. The highest BCUT2D eigenvalue weighted by atomic mass is 79.9. The molecule has 0 N–H and O–H groups in total. The van der Waals surface area contributed by atoms with Gasteiger partial charge in [0.05, 0.1) is 0 Å². The van der Waals surface area contributed by atoms with Crippen LogP contribution in [0.1, 0.15) is 38.8 Å². The maximum absolute atomic E-state index is 4.56. The molecule has 1 aliphatic rings. The normalized spacial score (nSPS) is 22.1. The molecule has 0 radical (unpaired) electrons. The van der Waals surface area contributed by atoms with Crippen molar-refractivity contribution in [3.63, 3.8) is 0 Å². The Morgan fingerprint density at radius 2 is 2.17 bits per heavy atom. The number of hydrogen-bond donors (Lipinski definition) is 0. The van der Waals surface area contributed by atoms with E-state index in [1.807, 2.05) is 6.07 Å². The van der Waals surface area contributed by atoms with E-state index in [4.69, 9.17) is 0 Å². The fourth-order valence-electron chi connectivity index (χ4n) is 2.77. The molecular formula is C15H23BrN2. The Kier molecular flexibility index (Phi) is 5.19. The number of halogens is 1. The Bertz CT molecular complexity index is 379. The molecule has 1 atom stereocenters. The zero-order valence-electron chi connectivity index (χ0n) is 11.4. The van der Waals surface area contributed by atoms with E-state index < -0.39 is 0 Å². The maximum Gasteiger partial charge on any atom is 0.106 e. The van der Waals surface area contributed by atoms with Gasteiger partial charge in [-0.3, -0.25) is 0 Å². The lowest BCUT2D eigenvalue weighted by Gasteiger charge is -2.24. The molecule has 0 amide bonds. The summed E-state index contributed by atoms with van der Waals surface area (Å²) in [5.41, 5.74) is 1.23. The Morgan fingerprint density at radius 1 is 1.33 bits per heavy atom. The van der Waals surface area contributed by atoms with Gasteiger partial charge in [0.2, 0.25) is 0 Å². The molecule has 1 saturated heterocycles. The van der Waals surface area contributed by atoms with Crippen LogP contribution < -0.4 is 0 Å². The molecule has 0 saturated carbocycles. The van der Waals surface area contributed by atoms with Crippen molar-refractivity contribution in [2.24, 2.45) is 5.92 Å². The zero-order chi connectivity index (χ0) is 13.0. The summed E-state index contributed by atoms with van der Waals surface area (Å²) in [6.07, 6.45) is 5.12. The van der Waals surface area contributed by atoms with Gasteiger partial charge >= 0.3 is 0 Å². The van der Waals surface area contributed by atoms with Crippen molar-refractivity contribution < 1.29 is 0 Å². The third-order valence-electron chi connectivity index (χ3n) is 3.88. The summed E-state index contributed by atoms with van der Waals surface area (Å²) in [5, 5.41) is 0. The largest absolute Gasteiger partial charge is 0.301 e. The number of nitrogens with zero attached hydrogens (tertiary/aromatic N) is 2. The smallest absolute Gasteiger partial charge is 0.106 e. The van der Waals surface area contributed by atoms with Crippen molar-refractivity contribution in [1.29, 1.82) is 0 Å². The molecule has 1 aromatic rings. The van der Waals surface area contributed by atoms with Crippen LogP contribution in [0.15, 0.2) is 22.8 Å². The highest BCUT2D eigenvalue weighted by molar-refractivity contribution is 9.10. The van der Waals surface area contributed by atoms with Gasteiger partial charge < -0.3 is 4.90 Å². The van der Waals surface area contributed by atoms with E-state index >= 15 is 0 Å². The van der Waals surface area contributed by atoms with Gasteiger partial charge in [-0.05, 0) is 86.6 Å². The standard InChI is InChI=1S/C15H23BrN2/c1-12(2)18-9-4-5-13(8-10-18)11-14-6-3-7-15(16)17-14/h3,6-7,12-13H,4-5,8-11H2,1-2H3/t13-/m1/s1. The van der Waals surface area contributed by atoms with E-state index in [9.17, 15) is 0 Å². The van der Waals surface area contributed by atoms with E-state index in [0.717, 1.165) is 16.9 Å². The second-order valence-electron chi connectivity index (χ2n) is 5.58. The average molecular weight is 311 g/mol. The number of rotatable bonds is 3. The predicted octanol–water partition coefficient (Wildman–Crippen LogP) is 3.90. The molecule has 2 heterocycles. The second kappa shape index (κ2) is 6.67. The molecule has 0 bridgehead atoms. The third-order valence-corrected chi connectivity index (χ3v) is 4.32. The molecule has 1 fully saturated rings. The van der Waals surface area contributed by atoms with E-state index in [1.165, 1.54) is 38.0 Å². The summed E-state index contributed by atoms with van der Waals surface area (Å²) in [4.78, 5) is 7.16. The van der Waals surface area contributed by atoms with Crippen LogP contribution in [0.2, 0.25) is 0 Å². The van der Waals surface area contributed by atoms with Crippen molar-refractivity contribution in [1.82, 2.24) is 9.88 Å². The lowest BCUT2D eigenvalue weighted by molar-refractivity contribution is 0.228. The van der Waals surface area contributed by atoms with Crippen LogP contribution in [0, 0.1) is 5.92 Å². The van der Waals surface area contributed by atoms with Crippen LogP contribution in [0.5, 0.6) is 0 Å². The molecule has 100 valence electrons. The lowest BCUT2D eigenvalue weighted by atomic mass is 9.95. The van der Waals surface area contributed by atoms with Crippen molar-refractivity contribution >= 4 is 15.9 Å². The minimum absolute atomic E-state index is 0.688. The molecule has 0 spiro atoms. The summed E-state index contributed by atoms with van der Waals surface area (Å²) in [5.74, 6) is 0.801. The fourth-order valence-corrected chi connectivity index (χ4v) is 3.15. The first-order chi connectivity index (χ1) is 8.65. The van der Waals surface area contributed by atoms with Gasteiger partial charge in [-0.1, -0.05) is 6.07 Å². The van der Waals surface area contributed by atoms with Crippen molar-refractivity contribution in [3.8, 4) is 0 Å². The quantitative estimate of drug-likeness (QED) is 0.787. The lowest BCUT2D eigenvalue weighted by Crippen LogP contribution is -2.31. The molecule has 0 aliphatic carbocycles. The van der Waals surface area contributed by atoms with Gasteiger partial charge in [0.15, 0.2) is 0 Å². The maximum atomic E-state index is 4.56. The van der Waals surface area contributed by atoms with E-state index in [1.54, 1.807) is 0 Å². The zero-order valence-corrected chi connectivity index (χ0v) is 13.0. The summed E-state index contributed by atoms with van der Waals surface area (Å²) < 4.78 is 0.956. The molecule has 3 heteroatoms. The van der Waals surface area contributed by atoms with Crippen LogP contribution in [-0.4, -0.2) is 29.0 Å². The van der Waals surface area contributed by atoms with E-state index in [-0.39, 0.29) is 0 Å². The summed E-state index contributed by atoms with van der Waals surface area (Å²) in [7, 11) is 0. The van der Waals surface area contributed by atoms with Gasteiger partial charge in [0.1, 0.15) is 4.60 Å². The number of hydrogen-bond acceptors (Lipinski definition) is 2. The van der Waals surface area contributed by atoms with Gasteiger partial charge in [-0.25, -0.2) is 4.98 Å². The van der Waals surface area contributed by atoms with Crippen LogP contribution in [0.4, 0.5) is 0 Å². The van der Waals surface area contributed by atoms with E-state index in [0.29, 0.717) is 6.04 Å². The minimum Gasteiger partial charge on any atom is -0.301 e. The average Bonchev–Trinajstić information content (AvgIpc) is 2.55. The Labute approximate surface area is 119 Å². The van der Waals surface area contributed by atoms with Crippen LogP contribution in [0.3, 0.4) is 0 Å². The SMILES string of the molecule is CC(C)N1CCC[C@@H](Cc2cccc(Br)n2)CC1. The number of likely N-dealkylation sites (tertiary alicyclic amines) is 1. The molecule has 18 heavy (non-hydrogen) atoms. The Hall–Kier alpha value is -0.410. The third kappa shape index (κ3) is 4.06. The topological polar surface area (TPSA) is 16.1 Å². The Balaban J connectivity index is 1.91. The monoisotopic (exact) mass is 310 g/mol. The van der Waals surface area contributed by atoms with E-state index in [2.05, 4.69) is 51.8 Å². The second-order valence-corrected chi connectivity index (χ2v) is 6.39. The molecule has 2 rings (SSSR count). The number of pyridine rings is 1. The molecule has 1 aliphatic heterocycles. The van der Waals surface area contributed by atoms with Gasteiger partial charge in [0.25, 0.3) is 0 Å². The van der Waals surface area contributed by atoms with Gasteiger partial charge in [-0.15, -0.1) is 0 Å². The predicted molar refractivity (Wildman–Crippen MR) is 79.7 cm³/mol. The van der Waals surface area contributed by atoms with Gasteiger partial charge in [-0.2, -0.15) is 0 Å².